The Morgan fingerprint density at radius 1 is 1.14 bits per heavy atom. The first kappa shape index (κ1) is 14.1. The van der Waals surface area contributed by atoms with E-state index in [4.69, 9.17) is 4.89 Å². The Labute approximate surface area is 85.6 Å². The van der Waals surface area contributed by atoms with Gasteiger partial charge in [0.15, 0.2) is 0 Å². The van der Waals surface area contributed by atoms with Crippen LogP contribution in [0, 0.1) is 0 Å². The molecule has 86 valence electrons. The summed E-state index contributed by atoms with van der Waals surface area (Å²) in [6, 6.07) is 0. The van der Waals surface area contributed by atoms with E-state index in [1.807, 2.05) is 0 Å². The van der Waals surface area contributed by atoms with Gasteiger partial charge in [0.2, 0.25) is 0 Å². The minimum Gasteiger partial charge on any atom is -0.306 e. The third-order valence-corrected chi connectivity index (χ3v) is 2.96. The molecule has 1 heterocycles. The van der Waals surface area contributed by atoms with Crippen molar-refractivity contribution in [1.29, 1.82) is 0 Å². The van der Waals surface area contributed by atoms with Gasteiger partial charge in [-0.2, -0.15) is 0 Å². The van der Waals surface area contributed by atoms with E-state index in [0.717, 1.165) is 14.2 Å². The highest BCUT2D eigenvalue weighted by Crippen LogP contribution is 2.40. The number of hydrogen-bond donors (Lipinski definition) is 1. The molecule has 0 radical (unpaired) electrons. The Morgan fingerprint density at radius 2 is 1.57 bits per heavy atom. The molecule has 0 aliphatic carbocycles. The zero-order valence-electron chi connectivity index (χ0n) is 9.10. The Kier molecular flexibility index (Phi) is 7.41. The molecule has 6 heteroatoms. The molecular formula is C8H20NO4P. The molecule has 14 heavy (non-hydrogen) atoms. The minimum absolute atomic E-state index is 1.10. The van der Waals surface area contributed by atoms with Crippen LogP contribution in [0.1, 0.15) is 19.3 Å². The van der Waals surface area contributed by atoms with Crippen LogP contribution in [0.5, 0.6) is 0 Å². The molecule has 0 saturated carbocycles. The standard InChI is InChI=1S/C6H13N.C2H7O4P/c1-7-5-3-2-4-6-7;1-5-7(3,4)6-2/h2-6H2,1H3;1-2H3,(H,3,4). The van der Waals surface area contributed by atoms with Gasteiger partial charge >= 0.3 is 7.82 Å². The lowest BCUT2D eigenvalue weighted by atomic mass is 10.1. The number of likely N-dealkylation sites (tertiary alicyclic amines) is 1. The zero-order chi connectivity index (χ0) is 11.0. The summed E-state index contributed by atoms with van der Waals surface area (Å²) < 4.78 is 18.0. The van der Waals surface area contributed by atoms with Crippen LogP contribution in [-0.2, 0) is 13.6 Å². The van der Waals surface area contributed by atoms with E-state index in [1.54, 1.807) is 0 Å². The quantitative estimate of drug-likeness (QED) is 0.721. The third-order valence-electron chi connectivity index (χ3n) is 2.04. The lowest BCUT2D eigenvalue weighted by Gasteiger charge is -2.20. The number of hydrogen-bond acceptors (Lipinski definition) is 4. The van der Waals surface area contributed by atoms with E-state index in [1.165, 1.54) is 32.4 Å². The van der Waals surface area contributed by atoms with Gasteiger partial charge in [0, 0.05) is 14.2 Å². The predicted molar refractivity (Wildman–Crippen MR) is 55.2 cm³/mol. The van der Waals surface area contributed by atoms with Crippen LogP contribution < -0.4 is 0 Å². The number of rotatable bonds is 2. The van der Waals surface area contributed by atoms with Crippen molar-refractivity contribution in [1.82, 2.24) is 4.90 Å². The summed E-state index contributed by atoms with van der Waals surface area (Å²) in [5.41, 5.74) is 0. The lowest BCUT2D eigenvalue weighted by Crippen LogP contribution is -2.24. The first-order valence-corrected chi connectivity index (χ1v) is 6.14. The smallest absolute Gasteiger partial charge is 0.306 e. The highest BCUT2D eigenvalue weighted by molar-refractivity contribution is 7.47. The van der Waals surface area contributed by atoms with Crippen molar-refractivity contribution < 1.29 is 18.5 Å². The molecule has 5 nitrogen and oxygen atoms in total. The molecule has 1 saturated heterocycles. The van der Waals surface area contributed by atoms with E-state index < -0.39 is 7.82 Å². The SMILES string of the molecule is CN1CCCCC1.COP(=O)(O)OC. The third kappa shape index (κ3) is 7.47. The van der Waals surface area contributed by atoms with Crippen molar-refractivity contribution in [2.75, 3.05) is 34.4 Å². The molecule has 0 spiro atoms. The van der Waals surface area contributed by atoms with Crippen LogP contribution in [-0.4, -0.2) is 44.2 Å². The molecule has 1 fully saturated rings. The van der Waals surface area contributed by atoms with Gasteiger partial charge in [-0.05, 0) is 33.0 Å². The Bertz CT molecular complexity index is 174. The largest absolute Gasteiger partial charge is 0.471 e. The second-order valence-corrected chi connectivity index (χ2v) is 4.87. The van der Waals surface area contributed by atoms with Crippen LogP contribution in [0.4, 0.5) is 0 Å². The molecule has 1 N–H and O–H groups in total. The summed E-state index contributed by atoms with van der Waals surface area (Å²) in [6.07, 6.45) is 4.28. The number of phosphoric ester groups is 1. The molecule has 1 aliphatic heterocycles. The minimum atomic E-state index is -3.65. The Balaban J connectivity index is 0.000000241. The summed E-state index contributed by atoms with van der Waals surface area (Å²) in [5, 5.41) is 0. The summed E-state index contributed by atoms with van der Waals surface area (Å²) in [6.45, 7) is 2.64. The fourth-order valence-corrected chi connectivity index (χ4v) is 1.28. The molecule has 0 bridgehead atoms. The summed E-state index contributed by atoms with van der Waals surface area (Å²) in [5.74, 6) is 0. The van der Waals surface area contributed by atoms with Gasteiger partial charge in [0.25, 0.3) is 0 Å². The van der Waals surface area contributed by atoms with E-state index in [2.05, 4.69) is 21.0 Å². The van der Waals surface area contributed by atoms with E-state index in [0.29, 0.717) is 0 Å². The molecule has 0 atom stereocenters. The fraction of sp³-hybridized carbons (Fsp3) is 1.00. The van der Waals surface area contributed by atoms with Crippen molar-refractivity contribution in [3.8, 4) is 0 Å². The predicted octanol–water partition coefficient (Wildman–Crippen LogP) is 1.48. The van der Waals surface area contributed by atoms with Crippen molar-refractivity contribution in [3.63, 3.8) is 0 Å². The highest BCUT2D eigenvalue weighted by Gasteiger charge is 2.13. The molecular weight excluding hydrogens is 205 g/mol. The van der Waals surface area contributed by atoms with Crippen LogP contribution in [0.15, 0.2) is 0 Å². The maximum Gasteiger partial charge on any atom is 0.471 e. The maximum absolute atomic E-state index is 10.1. The van der Waals surface area contributed by atoms with Gasteiger partial charge in [-0.1, -0.05) is 6.42 Å². The fourth-order valence-electron chi connectivity index (χ4n) is 1.13. The molecule has 1 aliphatic rings. The second kappa shape index (κ2) is 7.37. The van der Waals surface area contributed by atoms with Crippen LogP contribution in [0.25, 0.3) is 0 Å². The monoisotopic (exact) mass is 225 g/mol. The van der Waals surface area contributed by atoms with Crippen molar-refractivity contribution in [2.45, 2.75) is 19.3 Å². The van der Waals surface area contributed by atoms with Crippen molar-refractivity contribution >= 4 is 7.82 Å². The van der Waals surface area contributed by atoms with Crippen LogP contribution in [0.2, 0.25) is 0 Å². The van der Waals surface area contributed by atoms with Crippen LogP contribution in [0.3, 0.4) is 0 Å². The van der Waals surface area contributed by atoms with E-state index >= 15 is 0 Å². The molecule has 0 aromatic heterocycles. The topological polar surface area (TPSA) is 59.0 Å². The average molecular weight is 225 g/mol. The van der Waals surface area contributed by atoms with Gasteiger partial charge in [-0.3, -0.25) is 9.05 Å². The molecule has 0 aromatic rings. The Hall–Kier alpha value is 0.0700. The summed E-state index contributed by atoms with van der Waals surface area (Å²) in [4.78, 5) is 10.6. The number of phosphoric acid groups is 1. The zero-order valence-corrected chi connectivity index (χ0v) is 10.00. The van der Waals surface area contributed by atoms with Gasteiger partial charge in [0.05, 0.1) is 0 Å². The average Bonchev–Trinajstić information content (AvgIpc) is 2.20. The lowest BCUT2D eigenvalue weighted by molar-refractivity contribution is 0.204. The number of nitrogens with zero attached hydrogens (tertiary/aromatic N) is 1. The maximum atomic E-state index is 10.1. The van der Waals surface area contributed by atoms with E-state index in [-0.39, 0.29) is 0 Å². The van der Waals surface area contributed by atoms with Gasteiger partial charge in [-0.15, -0.1) is 0 Å². The summed E-state index contributed by atoms with van der Waals surface area (Å²) >= 11 is 0. The molecule has 1 rings (SSSR count). The number of piperidine rings is 1. The van der Waals surface area contributed by atoms with Gasteiger partial charge < -0.3 is 9.79 Å². The van der Waals surface area contributed by atoms with Gasteiger partial charge in [-0.25, -0.2) is 4.57 Å². The Morgan fingerprint density at radius 3 is 1.71 bits per heavy atom. The van der Waals surface area contributed by atoms with E-state index in [9.17, 15) is 4.57 Å². The second-order valence-electron chi connectivity index (χ2n) is 3.20. The summed E-state index contributed by atoms with van der Waals surface area (Å²) in [7, 11) is 0.742. The molecule has 0 unspecified atom stereocenters. The van der Waals surface area contributed by atoms with Crippen molar-refractivity contribution in [2.24, 2.45) is 0 Å². The van der Waals surface area contributed by atoms with Crippen molar-refractivity contribution in [3.05, 3.63) is 0 Å². The first-order chi connectivity index (χ1) is 6.52. The van der Waals surface area contributed by atoms with Gasteiger partial charge in [0.1, 0.15) is 0 Å². The highest BCUT2D eigenvalue weighted by atomic mass is 31.2. The normalized spacial score (nSPS) is 18.6. The molecule has 0 amide bonds. The van der Waals surface area contributed by atoms with Crippen LogP contribution >= 0.6 is 7.82 Å². The first-order valence-electron chi connectivity index (χ1n) is 4.64. The molecule has 0 aromatic carbocycles.